The van der Waals surface area contributed by atoms with Gasteiger partial charge in [-0.2, -0.15) is 0 Å². The van der Waals surface area contributed by atoms with E-state index in [2.05, 4.69) is 29.2 Å². The summed E-state index contributed by atoms with van der Waals surface area (Å²) >= 11 is 0. The number of hydrogen-bond donors (Lipinski definition) is 0. The number of aromatic nitrogens is 1. The van der Waals surface area contributed by atoms with Gasteiger partial charge in [-0.15, -0.1) is 0 Å². The van der Waals surface area contributed by atoms with Crippen LogP contribution in [0.4, 0.5) is 0 Å². The fourth-order valence-corrected chi connectivity index (χ4v) is 2.99. The van der Waals surface area contributed by atoms with Crippen LogP contribution in [0.25, 0.3) is 0 Å². The summed E-state index contributed by atoms with van der Waals surface area (Å²) in [6, 6.07) is 16.0. The maximum atomic E-state index is 12.7. The van der Waals surface area contributed by atoms with E-state index in [4.69, 9.17) is 0 Å². The average Bonchev–Trinajstić information content (AvgIpc) is 2.48. The van der Waals surface area contributed by atoms with E-state index in [9.17, 15) is 4.79 Å². The topological polar surface area (TPSA) is 30.0 Å². The molecular formula is C18H19NO. The first kappa shape index (κ1) is 13.0. The van der Waals surface area contributed by atoms with Crippen LogP contribution in [0, 0.1) is 5.41 Å². The molecule has 0 unspecified atom stereocenters. The van der Waals surface area contributed by atoms with Gasteiger partial charge in [0.15, 0.2) is 5.78 Å². The second kappa shape index (κ2) is 5.58. The van der Waals surface area contributed by atoms with Crippen LogP contribution < -0.4 is 0 Å². The molecule has 3 rings (SSSR count). The summed E-state index contributed by atoms with van der Waals surface area (Å²) in [5, 5.41) is 0. The molecule has 0 atom stereocenters. The highest BCUT2D eigenvalue weighted by molar-refractivity contribution is 5.99. The van der Waals surface area contributed by atoms with Crippen LogP contribution in [0.3, 0.4) is 0 Å². The van der Waals surface area contributed by atoms with Crippen molar-refractivity contribution in [2.24, 2.45) is 5.41 Å². The lowest BCUT2D eigenvalue weighted by Crippen LogP contribution is -2.39. The fraction of sp³-hybridized carbons (Fsp3) is 0.333. The first-order chi connectivity index (χ1) is 9.80. The van der Waals surface area contributed by atoms with E-state index >= 15 is 0 Å². The number of carbonyl (C=O) groups is 1. The molecule has 0 N–H and O–H groups in total. The number of aryl methyl sites for hydroxylation is 1. The van der Waals surface area contributed by atoms with Crippen LogP contribution in [0.15, 0.2) is 54.7 Å². The Labute approximate surface area is 119 Å². The zero-order valence-corrected chi connectivity index (χ0v) is 11.6. The Morgan fingerprint density at radius 1 is 1.05 bits per heavy atom. The van der Waals surface area contributed by atoms with E-state index in [1.807, 2.05) is 24.3 Å². The highest BCUT2D eigenvalue weighted by Gasteiger charge is 2.44. The van der Waals surface area contributed by atoms with Crippen molar-refractivity contribution in [2.45, 2.75) is 32.1 Å². The molecule has 20 heavy (non-hydrogen) atoms. The van der Waals surface area contributed by atoms with Crippen molar-refractivity contribution in [1.82, 2.24) is 4.98 Å². The number of carbonyl (C=O) groups excluding carboxylic acids is 1. The summed E-state index contributed by atoms with van der Waals surface area (Å²) in [4.78, 5) is 16.9. The minimum Gasteiger partial charge on any atom is -0.292 e. The monoisotopic (exact) mass is 265 g/mol. The summed E-state index contributed by atoms with van der Waals surface area (Å²) in [6.07, 6.45) is 6.79. The molecule has 2 heteroatoms. The lowest BCUT2D eigenvalue weighted by Gasteiger charge is -2.40. The summed E-state index contributed by atoms with van der Waals surface area (Å²) in [6.45, 7) is 0. The largest absolute Gasteiger partial charge is 0.292 e. The van der Waals surface area contributed by atoms with Gasteiger partial charge in [0.25, 0.3) is 0 Å². The second-order valence-corrected chi connectivity index (χ2v) is 5.66. The van der Waals surface area contributed by atoms with Gasteiger partial charge in [-0.25, -0.2) is 0 Å². The number of Topliss-reactive ketones (excluding diaryl/α,β-unsaturated/α-hetero) is 1. The third-order valence-electron chi connectivity index (χ3n) is 4.42. The first-order valence-electron chi connectivity index (χ1n) is 7.30. The van der Waals surface area contributed by atoms with Gasteiger partial charge in [0.05, 0.1) is 0 Å². The van der Waals surface area contributed by atoms with Gasteiger partial charge < -0.3 is 0 Å². The summed E-state index contributed by atoms with van der Waals surface area (Å²) in [7, 11) is 0. The van der Waals surface area contributed by atoms with Gasteiger partial charge >= 0.3 is 0 Å². The van der Waals surface area contributed by atoms with Gasteiger partial charge in [-0.05, 0) is 43.4 Å². The van der Waals surface area contributed by atoms with Crippen molar-refractivity contribution in [2.75, 3.05) is 0 Å². The van der Waals surface area contributed by atoms with Crippen LogP contribution in [0.2, 0.25) is 0 Å². The Hall–Kier alpha value is -1.96. The minimum atomic E-state index is -0.163. The molecule has 1 aromatic carbocycles. The number of benzene rings is 1. The third-order valence-corrected chi connectivity index (χ3v) is 4.42. The van der Waals surface area contributed by atoms with Gasteiger partial charge in [-0.1, -0.05) is 42.8 Å². The van der Waals surface area contributed by atoms with Gasteiger partial charge in [0.1, 0.15) is 5.69 Å². The van der Waals surface area contributed by atoms with E-state index in [0.717, 1.165) is 32.1 Å². The van der Waals surface area contributed by atoms with E-state index < -0.39 is 0 Å². The Morgan fingerprint density at radius 2 is 1.80 bits per heavy atom. The molecule has 0 aliphatic heterocycles. The predicted octanol–water partition coefficient (Wildman–Crippen LogP) is 4.07. The SMILES string of the molecule is O=C(c1ccccn1)C1(CCc2ccccc2)CCC1. The highest BCUT2D eigenvalue weighted by Crippen LogP contribution is 2.46. The average molecular weight is 265 g/mol. The lowest BCUT2D eigenvalue weighted by atomic mass is 9.62. The van der Waals surface area contributed by atoms with Crippen LogP contribution in [-0.2, 0) is 6.42 Å². The summed E-state index contributed by atoms with van der Waals surface area (Å²) in [5.74, 6) is 0.236. The van der Waals surface area contributed by atoms with Crippen molar-refractivity contribution in [1.29, 1.82) is 0 Å². The smallest absolute Gasteiger partial charge is 0.187 e. The third kappa shape index (κ3) is 2.51. The quantitative estimate of drug-likeness (QED) is 0.763. The Morgan fingerprint density at radius 3 is 2.40 bits per heavy atom. The molecule has 0 bridgehead atoms. The molecule has 0 radical (unpaired) electrons. The number of ketones is 1. The molecule has 0 spiro atoms. The normalized spacial score (nSPS) is 16.4. The van der Waals surface area contributed by atoms with Crippen molar-refractivity contribution >= 4 is 5.78 Å². The molecule has 102 valence electrons. The highest BCUT2D eigenvalue weighted by atomic mass is 16.1. The fourth-order valence-electron chi connectivity index (χ4n) is 2.99. The van der Waals surface area contributed by atoms with E-state index in [-0.39, 0.29) is 11.2 Å². The van der Waals surface area contributed by atoms with Gasteiger partial charge in [0, 0.05) is 11.6 Å². The molecule has 1 heterocycles. The molecule has 1 saturated carbocycles. The number of nitrogens with zero attached hydrogens (tertiary/aromatic N) is 1. The van der Waals surface area contributed by atoms with Gasteiger partial charge in [0.2, 0.25) is 0 Å². The second-order valence-electron chi connectivity index (χ2n) is 5.66. The molecule has 1 fully saturated rings. The zero-order valence-electron chi connectivity index (χ0n) is 11.6. The van der Waals surface area contributed by atoms with Crippen molar-refractivity contribution in [3.8, 4) is 0 Å². The van der Waals surface area contributed by atoms with Crippen molar-refractivity contribution < 1.29 is 4.79 Å². The zero-order chi connectivity index (χ0) is 13.8. The molecular weight excluding hydrogens is 246 g/mol. The minimum absolute atomic E-state index is 0.163. The Balaban J connectivity index is 1.73. The van der Waals surface area contributed by atoms with Gasteiger partial charge in [-0.3, -0.25) is 9.78 Å². The Kier molecular flexibility index (Phi) is 3.64. The van der Waals surface area contributed by atoms with E-state index in [1.165, 1.54) is 5.56 Å². The maximum Gasteiger partial charge on any atom is 0.187 e. The number of rotatable bonds is 5. The summed E-state index contributed by atoms with van der Waals surface area (Å²) in [5.41, 5.74) is 1.78. The van der Waals surface area contributed by atoms with Crippen molar-refractivity contribution in [3.05, 3.63) is 66.0 Å². The van der Waals surface area contributed by atoms with Crippen molar-refractivity contribution in [3.63, 3.8) is 0 Å². The van der Waals surface area contributed by atoms with Crippen LogP contribution in [0.5, 0.6) is 0 Å². The molecule has 2 aromatic rings. The first-order valence-corrected chi connectivity index (χ1v) is 7.30. The van der Waals surface area contributed by atoms with E-state index in [0.29, 0.717) is 5.69 Å². The summed E-state index contributed by atoms with van der Waals surface area (Å²) < 4.78 is 0. The Bertz CT molecular complexity index is 573. The standard InChI is InChI=1S/C18H19NO/c20-17(16-9-4-5-14-19-16)18(11-6-12-18)13-10-15-7-2-1-3-8-15/h1-5,7-9,14H,6,10-13H2. The predicted molar refractivity (Wildman–Crippen MR) is 79.6 cm³/mol. The molecule has 1 aliphatic carbocycles. The van der Waals surface area contributed by atoms with Crippen LogP contribution in [-0.4, -0.2) is 10.8 Å². The number of hydrogen-bond acceptors (Lipinski definition) is 2. The molecule has 0 saturated heterocycles. The lowest BCUT2D eigenvalue weighted by molar-refractivity contribution is 0.0575. The molecule has 2 nitrogen and oxygen atoms in total. The molecule has 0 amide bonds. The maximum absolute atomic E-state index is 12.7. The van der Waals surface area contributed by atoms with Crippen LogP contribution >= 0.6 is 0 Å². The molecule has 1 aromatic heterocycles. The molecule has 1 aliphatic rings. The van der Waals surface area contributed by atoms with Crippen LogP contribution in [0.1, 0.15) is 41.7 Å². The van der Waals surface area contributed by atoms with E-state index in [1.54, 1.807) is 6.20 Å². The number of pyridine rings is 1.